The first-order valence-electron chi connectivity index (χ1n) is 6.04. The summed E-state index contributed by atoms with van der Waals surface area (Å²) in [5.41, 5.74) is 1.60. The largest absolute Gasteiger partial charge is 0.358 e. The van der Waals surface area contributed by atoms with Gasteiger partial charge in [-0.25, -0.2) is 4.98 Å². The Morgan fingerprint density at radius 3 is 2.75 bits per heavy atom. The van der Waals surface area contributed by atoms with Crippen LogP contribution in [-0.2, 0) is 0 Å². The molecule has 3 rings (SSSR count). The number of rotatable bonds is 4. The molecular weight excluding hydrogens is 292 g/mol. The van der Waals surface area contributed by atoms with Crippen LogP contribution < -0.4 is 5.32 Å². The van der Waals surface area contributed by atoms with Gasteiger partial charge in [-0.05, 0) is 13.8 Å². The van der Waals surface area contributed by atoms with E-state index in [-0.39, 0.29) is 0 Å². The molecule has 1 N–H and O–H groups in total. The molecule has 0 bridgehead atoms. The summed E-state index contributed by atoms with van der Waals surface area (Å²) in [4.78, 5) is 12.8. The normalized spacial score (nSPS) is 10.9. The molecule has 0 saturated heterocycles. The molecule has 0 aliphatic heterocycles. The van der Waals surface area contributed by atoms with Crippen LogP contribution in [0.5, 0.6) is 0 Å². The Labute approximate surface area is 124 Å². The zero-order chi connectivity index (χ0) is 13.9. The summed E-state index contributed by atoms with van der Waals surface area (Å²) in [5.74, 6) is 0. The Morgan fingerprint density at radius 2 is 2.00 bits per heavy atom. The molecule has 0 atom stereocenters. The second-order valence-corrected chi connectivity index (χ2v) is 6.18. The number of aromatic nitrogens is 5. The summed E-state index contributed by atoms with van der Waals surface area (Å²) in [6.07, 6.45) is 5.01. The summed E-state index contributed by atoms with van der Waals surface area (Å²) in [6, 6.07) is 0.335. The van der Waals surface area contributed by atoms with Crippen molar-refractivity contribution in [3.05, 3.63) is 24.0 Å². The van der Waals surface area contributed by atoms with Gasteiger partial charge in [0.25, 0.3) is 0 Å². The standard InChI is InChI=1S/C12H12N6S2/c1-7(2)15-12-18-17-11(20-12)9-6-19-10(16-9)8-5-13-3-4-14-8/h3-7H,1-2H3,(H,15,18). The highest BCUT2D eigenvalue weighted by Gasteiger charge is 2.12. The van der Waals surface area contributed by atoms with E-state index < -0.39 is 0 Å². The molecule has 0 amide bonds. The number of nitrogens with zero attached hydrogens (tertiary/aromatic N) is 5. The van der Waals surface area contributed by atoms with E-state index in [9.17, 15) is 0 Å². The van der Waals surface area contributed by atoms with E-state index >= 15 is 0 Å². The molecule has 0 unspecified atom stereocenters. The molecule has 6 nitrogen and oxygen atoms in total. The van der Waals surface area contributed by atoms with Crippen LogP contribution >= 0.6 is 22.7 Å². The van der Waals surface area contributed by atoms with E-state index in [0.29, 0.717) is 6.04 Å². The first-order chi connectivity index (χ1) is 9.72. The summed E-state index contributed by atoms with van der Waals surface area (Å²) < 4.78 is 0. The minimum atomic E-state index is 0.335. The van der Waals surface area contributed by atoms with Crippen molar-refractivity contribution in [2.75, 3.05) is 5.32 Å². The van der Waals surface area contributed by atoms with Crippen molar-refractivity contribution in [3.63, 3.8) is 0 Å². The Hall–Kier alpha value is -1.93. The van der Waals surface area contributed by atoms with Gasteiger partial charge < -0.3 is 5.32 Å². The van der Waals surface area contributed by atoms with Crippen LogP contribution in [0.15, 0.2) is 24.0 Å². The fraction of sp³-hybridized carbons (Fsp3) is 0.250. The van der Waals surface area contributed by atoms with Crippen molar-refractivity contribution < 1.29 is 0 Å². The molecular formula is C12H12N6S2. The third-order valence-electron chi connectivity index (χ3n) is 2.34. The smallest absolute Gasteiger partial charge is 0.206 e. The molecule has 0 saturated carbocycles. The van der Waals surface area contributed by atoms with Gasteiger partial charge in [-0.2, -0.15) is 0 Å². The molecule has 8 heteroatoms. The van der Waals surface area contributed by atoms with Crippen LogP contribution in [0.2, 0.25) is 0 Å². The topological polar surface area (TPSA) is 76.5 Å². The highest BCUT2D eigenvalue weighted by molar-refractivity contribution is 7.19. The average Bonchev–Trinajstić information content (AvgIpc) is 3.07. The lowest BCUT2D eigenvalue weighted by molar-refractivity contribution is 0.888. The maximum absolute atomic E-state index is 4.54. The molecule has 0 fully saturated rings. The first kappa shape index (κ1) is 13.1. The van der Waals surface area contributed by atoms with E-state index in [0.717, 1.165) is 26.5 Å². The lowest BCUT2D eigenvalue weighted by atomic mass is 10.4. The molecule has 102 valence electrons. The van der Waals surface area contributed by atoms with Gasteiger partial charge in [-0.15, -0.1) is 21.5 Å². The van der Waals surface area contributed by atoms with Gasteiger partial charge in [0, 0.05) is 23.8 Å². The second-order valence-electron chi connectivity index (χ2n) is 4.34. The van der Waals surface area contributed by atoms with Crippen LogP contribution in [-0.4, -0.2) is 31.2 Å². The summed E-state index contributed by atoms with van der Waals surface area (Å²) in [5, 5.41) is 15.9. The van der Waals surface area contributed by atoms with E-state index in [4.69, 9.17) is 0 Å². The maximum atomic E-state index is 4.54. The van der Waals surface area contributed by atoms with Crippen molar-refractivity contribution in [2.24, 2.45) is 0 Å². The number of anilines is 1. The molecule has 3 aromatic heterocycles. The molecule has 0 aromatic carbocycles. The Balaban J connectivity index is 1.85. The van der Waals surface area contributed by atoms with Crippen molar-refractivity contribution >= 4 is 27.8 Å². The zero-order valence-electron chi connectivity index (χ0n) is 10.9. The van der Waals surface area contributed by atoms with Crippen LogP contribution in [0.4, 0.5) is 5.13 Å². The van der Waals surface area contributed by atoms with Crippen molar-refractivity contribution in [2.45, 2.75) is 19.9 Å². The van der Waals surface area contributed by atoms with Gasteiger partial charge >= 0.3 is 0 Å². The fourth-order valence-corrected chi connectivity index (χ4v) is 3.22. The third-order valence-corrected chi connectivity index (χ3v) is 4.08. The SMILES string of the molecule is CC(C)Nc1nnc(-c2csc(-c3cnccn3)n2)s1. The fourth-order valence-electron chi connectivity index (χ4n) is 1.53. The predicted molar refractivity (Wildman–Crippen MR) is 80.8 cm³/mol. The van der Waals surface area contributed by atoms with Crippen molar-refractivity contribution in [1.82, 2.24) is 25.1 Å². The number of hydrogen-bond donors (Lipinski definition) is 1. The predicted octanol–water partition coefficient (Wildman–Crippen LogP) is 2.94. The Bertz CT molecular complexity index is 691. The van der Waals surface area contributed by atoms with Crippen LogP contribution in [0.25, 0.3) is 21.4 Å². The number of hydrogen-bond acceptors (Lipinski definition) is 8. The summed E-state index contributed by atoms with van der Waals surface area (Å²) >= 11 is 3.02. The lowest BCUT2D eigenvalue weighted by Gasteiger charge is -2.02. The monoisotopic (exact) mass is 304 g/mol. The van der Waals surface area contributed by atoms with E-state index in [1.807, 2.05) is 5.38 Å². The molecule has 3 aromatic rings. The van der Waals surface area contributed by atoms with Crippen LogP contribution in [0, 0.1) is 0 Å². The van der Waals surface area contributed by atoms with Crippen molar-refractivity contribution in [3.8, 4) is 21.4 Å². The van der Waals surface area contributed by atoms with Gasteiger partial charge in [-0.3, -0.25) is 9.97 Å². The van der Waals surface area contributed by atoms with Gasteiger partial charge in [0.05, 0.1) is 6.20 Å². The number of thiazole rings is 1. The summed E-state index contributed by atoms with van der Waals surface area (Å²) in [6.45, 7) is 4.13. The van der Waals surface area contributed by atoms with Gasteiger partial charge in [0.2, 0.25) is 5.13 Å². The zero-order valence-corrected chi connectivity index (χ0v) is 12.6. The molecule has 0 spiro atoms. The van der Waals surface area contributed by atoms with E-state index in [2.05, 4.69) is 44.3 Å². The van der Waals surface area contributed by atoms with Crippen LogP contribution in [0.1, 0.15) is 13.8 Å². The molecule has 0 radical (unpaired) electrons. The minimum Gasteiger partial charge on any atom is -0.358 e. The highest BCUT2D eigenvalue weighted by Crippen LogP contribution is 2.30. The second kappa shape index (κ2) is 5.59. The molecule has 20 heavy (non-hydrogen) atoms. The minimum absolute atomic E-state index is 0.335. The summed E-state index contributed by atoms with van der Waals surface area (Å²) in [7, 11) is 0. The van der Waals surface area contributed by atoms with Gasteiger partial charge in [0.1, 0.15) is 16.4 Å². The van der Waals surface area contributed by atoms with Gasteiger partial charge in [0.15, 0.2) is 5.01 Å². The maximum Gasteiger partial charge on any atom is 0.206 e. The average molecular weight is 304 g/mol. The van der Waals surface area contributed by atoms with E-state index in [1.54, 1.807) is 18.6 Å². The van der Waals surface area contributed by atoms with Crippen molar-refractivity contribution in [1.29, 1.82) is 0 Å². The first-order valence-corrected chi connectivity index (χ1v) is 7.74. The Kier molecular flexibility index (Phi) is 3.66. The molecule has 0 aliphatic carbocycles. The Morgan fingerprint density at radius 1 is 1.10 bits per heavy atom. The quantitative estimate of drug-likeness (QED) is 0.798. The molecule has 0 aliphatic rings. The van der Waals surface area contributed by atoms with Crippen LogP contribution in [0.3, 0.4) is 0 Å². The number of nitrogens with one attached hydrogen (secondary N) is 1. The third kappa shape index (κ3) is 2.81. The highest BCUT2D eigenvalue weighted by atomic mass is 32.1. The molecule has 3 heterocycles. The van der Waals surface area contributed by atoms with E-state index in [1.165, 1.54) is 22.7 Å². The van der Waals surface area contributed by atoms with Gasteiger partial charge in [-0.1, -0.05) is 11.3 Å². The lowest BCUT2D eigenvalue weighted by Crippen LogP contribution is -2.08.